The molecule has 2 aromatic rings. The summed E-state index contributed by atoms with van der Waals surface area (Å²) < 4.78 is 32.8. The number of nitrogens with zero attached hydrogens (tertiary/aromatic N) is 1. The number of anilines is 1. The van der Waals surface area contributed by atoms with Gasteiger partial charge in [-0.1, -0.05) is 18.7 Å². The molecule has 1 saturated carbocycles. The number of aliphatic hydroxyl groups is 1. The van der Waals surface area contributed by atoms with E-state index < -0.39 is 23.8 Å². The van der Waals surface area contributed by atoms with Crippen LogP contribution in [0.4, 0.5) is 14.5 Å². The van der Waals surface area contributed by atoms with E-state index in [1.807, 2.05) is 0 Å². The Bertz CT molecular complexity index is 954. The van der Waals surface area contributed by atoms with Crippen LogP contribution in [0.1, 0.15) is 30.9 Å². The smallest absolute Gasteiger partial charge is 0.126 e. The van der Waals surface area contributed by atoms with Gasteiger partial charge in [-0.25, -0.2) is 8.78 Å². The van der Waals surface area contributed by atoms with Crippen molar-refractivity contribution in [3.63, 3.8) is 0 Å². The first-order chi connectivity index (χ1) is 15.8. The lowest BCUT2D eigenvalue weighted by molar-refractivity contribution is 0.122. The molecule has 1 aliphatic carbocycles. The highest BCUT2D eigenvalue weighted by molar-refractivity contribution is 5.51. The third-order valence-electron chi connectivity index (χ3n) is 6.45. The summed E-state index contributed by atoms with van der Waals surface area (Å²) in [6.45, 7) is 9.29. The fourth-order valence-electron chi connectivity index (χ4n) is 4.54. The molecule has 7 heteroatoms. The van der Waals surface area contributed by atoms with Crippen LogP contribution in [-0.2, 0) is 16.7 Å². The van der Waals surface area contributed by atoms with Gasteiger partial charge in [0.05, 0.1) is 25.4 Å². The highest BCUT2D eigenvalue weighted by Crippen LogP contribution is 2.46. The molecule has 0 bridgehead atoms. The number of aliphatic hydroxyl groups excluding tert-OH is 1. The predicted octanol–water partition coefficient (Wildman–Crippen LogP) is 3.48. The molecular weight excluding hydrogens is 424 g/mol. The van der Waals surface area contributed by atoms with Crippen LogP contribution in [0.25, 0.3) is 0 Å². The van der Waals surface area contributed by atoms with Crippen LogP contribution in [0, 0.1) is 11.6 Å². The summed E-state index contributed by atoms with van der Waals surface area (Å²) in [7, 11) is 0. The minimum atomic E-state index is -0.770. The highest BCUT2D eigenvalue weighted by Gasteiger charge is 2.44. The summed E-state index contributed by atoms with van der Waals surface area (Å²) in [6, 6.07) is 11.6. The van der Waals surface area contributed by atoms with Crippen LogP contribution in [0.15, 0.2) is 54.7 Å². The van der Waals surface area contributed by atoms with Crippen molar-refractivity contribution in [2.75, 3.05) is 37.7 Å². The van der Waals surface area contributed by atoms with Crippen molar-refractivity contribution in [1.29, 1.82) is 0 Å². The minimum absolute atomic E-state index is 0.151. The lowest BCUT2D eigenvalue weighted by atomic mass is 9.99. The second kappa shape index (κ2) is 10.2. The Morgan fingerprint density at radius 1 is 1.15 bits per heavy atom. The number of hydrogen-bond acceptors (Lipinski definition) is 5. The SMILES string of the molecule is C=C(C)NC(Cc1cc(F)cc(F)c1)C(O)CNC1(c2cccc(N3CCOCC3)c2)CC1. The molecule has 3 N–H and O–H groups in total. The Balaban J connectivity index is 1.42. The molecule has 1 heterocycles. The molecular formula is C26H33F2N3O2. The Morgan fingerprint density at radius 2 is 1.85 bits per heavy atom. The summed E-state index contributed by atoms with van der Waals surface area (Å²) in [5.74, 6) is -1.24. The molecule has 0 radical (unpaired) electrons. The minimum Gasteiger partial charge on any atom is -0.390 e. The molecule has 178 valence electrons. The monoisotopic (exact) mass is 457 g/mol. The Morgan fingerprint density at radius 3 is 2.48 bits per heavy atom. The number of nitrogens with one attached hydrogen (secondary N) is 2. The van der Waals surface area contributed by atoms with E-state index in [4.69, 9.17) is 4.74 Å². The fraction of sp³-hybridized carbons (Fsp3) is 0.462. The summed E-state index contributed by atoms with van der Waals surface area (Å²) in [6.07, 6.45) is 1.51. The third kappa shape index (κ3) is 6.10. The molecule has 2 fully saturated rings. The van der Waals surface area contributed by atoms with Gasteiger partial charge in [-0.3, -0.25) is 0 Å². The van der Waals surface area contributed by atoms with Crippen molar-refractivity contribution in [3.05, 3.63) is 77.5 Å². The lowest BCUT2D eigenvalue weighted by Crippen LogP contribution is -2.47. The van der Waals surface area contributed by atoms with E-state index in [1.165, 1.54) is 23.4 Å². The predicted molar refractivity (Wildman–Crippen MR) is 126 cm³/mol. The van der Waals surface area contributed by atoms with Crippen molar-refractivity contribution in [2.24, 2.45) is 0 Å². The molecule has 1 aliphatic heterocycles. The van der Waals surface area contributed by atoms with Crippen molar-refractivity contribution < 1.29 is 18.6 Å². The van der Waals surface area contributed by atoms with Crippen LogP contribution < -0.4 is 15.5 Å². The number of ether oxygens (including phenoxy) is 1. The van der Waals surface area contributed by atoms with Crippen LogP contribution in [0.5, 0.6) is 0 Å². The standard InChI is InChI=1S/C26H33F2N3O2/c1-18(2)30-24(14-19-12-21(27)16-22(28)13-19)25(32)17-29-26(6-7-26)20-4-3-5-23(15-20)31-8-10-33-11-9-31/h3-5,12-13,15-16,24-25,29-30,32H,1,6-11,14,17H2,2H3. The maximum atomic E-state index is 13.6. The maximum Gasteiger partial charge on any atom is 0.126 e. The van der Waals surface area contributed by atoms with Gasteiger partial charge in [0.15, 0.2) is 0 Å². The van der Waals surface area contributed by atoms with Gasteiger partial charge >= 0.3 is 0 Å². The first-order valence-corrected chi connectivity index (χ1v) is 11.6. The Hall–Kier alpha value is -2.48. The molecule has 1 saturated heterocycles. The van der Waals surface area contributed by atoms with Crippen molar-refractivity contribution in [3.8, 4) is 0 Å². The van der Waals surface area contributed by atoms with Crippen molar-refractivity contribution in [1.82, 2.24) is 10.6 Å². The number of morpholine rings is 1. The van der Waals surface area contributed by atoms with Crippen LogP contribution in [-0.4, -0.2) is 50.1 Å². The van der Waals surface area contributed by atoms with Crippen LogP contribution in [0.3, 0.4) is 0 Å². The molecule has 0 spiro atoms. The molecule has 2 atom stereocenters. The average molecular weight is 458 g/mol. The van der Waals surface area contributed by atoms with Gasteiger partial charge in [-0.05, 0) is 61.6 Å². The molecule has 0 aromatic heterocycles. The zero-order valence-electron chi connectivity index (χ0n) is 19.1. The van der Waals surface area contributed by atoms with E-state index in [2.05, 4.69) is 46.4 Å². The number of rotatable bonds is 10. The summed E-state index contributed by atoms with van der Waals surface area (Å²) in [5, 5.41) is 17.7. The highest BCUT2D eigenvalue weighted by atomic mass is 19.1. The van der Waals surface area contributed by atoms with Gasteiger partial charge in [-0.15, -0.1) is 0 Å². The van der Waals surface area contributed by atoms with Gasteiger partial charge in [0.25, 0.3) is 0 Å². The fourth-order valence-corrected chi connectivity index (χ4v) is 4.54. The molecule has 2 aliphatic rings. The molecule has 4 rings (SSSR count). The molecule has 33 heavy (non-hydrogen) atoms. The van der Waals surface area contributed by atoms with Gasteiger partial charge in [0, 0.05) is 42.6 Å². The van der Waals surface area contributed by atoms with Crippen LogP contribution in [0.2, 0.25) is 0 Å². The lowest BCUT2D eigenvalue weighted by Gasteiger charge is -2.30. The second-order valence-corrected chi connectivity index (χ2v) is 9.19. The number of hydrogen-bond donors (Lipinski definition) is 3. The largest absolute Gasteiger partial charge is 0.390 e. The number of allylic oxidation sites excluding steroid dienone is 1. The quantitative estimate of drug-likeness (QED) is 0.510. The van der Waals surface area contributed by atoms with Gasteiger partial charge < -0.3 is 25.4 Å². The van der Waals surface area contributed by atoms with E-state index in [0.717, 1.165) is 45.2 Å². The Labute approximate surface area is 194 Å². The topological polar surface area (TPSA) is 56.8 Å². The Kier molecular flexibility index (Phi) is 7.32. The van der Waals surface area contributed by atoms with Crippen molar-refractivity contribution in [2.45, 2.75) is 43.9 Å². The van der Waals surface area contributed by atoms with Crippen LogP contribution >= 0.6 is 0 Å². The van der Waals surface area contributed by atoms with E-state index in [-0.39, 0.29) is 12.0 Å². The van der Waals surface area contributed by atoms with E-state index >= 15 is 0 Å². The van der Waals surface area contributed by atoms with E-state index in [9.17, 15) is 13.9 Å². The van der Waals surface area contributed by atoms with E-state index in [0.29, 0.717) is 17.8 Å². The van der Waals surface area contributed by atoms with Gasteiger partial charge in [0.2, 0.25) is 0 Å². The number of benzene rings is 2. The van der Waals surface area contributed by atoms with E-state index in [1.54, 1.807) is 6.92 Å². The first-order valence-electron chi connectivity index (χ1n) is 11.6. The third-order valence-corrected chi connectivity index (χ3v) is 6.45. The summed E-state index contributed by atoms with van der Waals surface area (Å²) >= 11 is 0. The zero-order valence-corrected chi connectivity index (χ0v) is 19.1. The molecule has 2 aromatic carbocycles. The second-order valence-electron chi connectivity index (χ2n) is 9.19. The van der Waals surface area contributed by atoms with Gasteiger partial charge in [0.1, 0.15) is 11.6 Å². The first kappa shape index (κ1) is 23.7. The normalized spacial score (nSPS) is 19.1. The molecule has 2 unspecified atom stereocenters. The number of halogens is 2. The van der Waals surface area contributed by atoms with Crippen molar-refractivity contribution >= 4 is 5.69 Å². The summed E-state index contributed by atoms with van der Waals surface area (Å²) in [4.78, 5) is 2.34. The molecule has 5 nitrogen and oxygen atoms in total. The summed E-state index contributed by atoms with van der Waals surface area (Å²) in [5.41, 5.74) is 3.44. The maximum absolute atomic E-state index is 13.6. The zero-order chi connectivity index (χ0) is 23.4. The van der Waals surface area contributed by atoms with Gasteiger partial charge in [-0.2, -0.15) is 0 Å². The average Bonchev–Trinajstić information content (AvgIpc) is 3.58. The molecule has 0 amide bonds.